The molecule has 3 aromatic carbocycles. The molecule has 44 heavy (non-hydrogen) atoms. The molecule has 11 heteroatoms. The van der Waals surface area contributed by atoms with E-state index in [0.29, 0.717) is 35.7 Å². The number of ether oxygens (including phenoxy) is 2. The van der Waals surface area contributed by atoms with Gasteiger partial charge in [-0.2, -0.15) is 0 Å². The van der Waals surface area contributed by atoms with E-state index >= 15 is 0 Å². The van der Waals surface area contributed by atoms with E-state index in [9.17, 15) is 14.7 Å². The second-order valence-corrected chi connectivity index (χ2v) is 11.6. The van der Waals surface area contributed by atoms with Crippen molar-refractivity contribution in [2.45, 2.75) is 55.9 Å². The molecule has 2 heterocycles. The summed E-state index contributed by atoms with van der Waals surface area (Å²) >= 11 is 1.64. The molecule has 0 radical (unpaired) electrons. The van der Waals surface area contributed by atoms with Crippen LogP contribution in [-0.4, -0.2) is 38.3 Å². The van der Waals surface area contributed by atoms with Crippen molar-refractivity contribution >= 4 is 40.6 Å². The van der Waals surface area contributed by atoms with Crippen LogP contribution < -0.4 is 16.4 Å². The fraction of sp³-hybridized carbons (Fsp3) is 0.303. The number of thioether (sulfide) groups is 1. The monoisotopic (exact) mass is 615 g/mol. The van der Waals surface area contributed by atoms with Gasteiger partial charge in [-0.15, -0.1) is 0 Å². The molecule has 4 aromatic rings. The maximum atomic E-state index is 12.5. The first-order chi connectivity index (χ1) is 21.4. The Bertz CT molecular complexity index is 1540. The maximum absolute atomic E-state index is 12.5. The normalized spacial score (nSPS) is 18.1. The minimum atomic E-state index is -0.597. The summed E-state index contributed by atoms with van der Waals surface area (Å²) in [5.41, 5.74) is 10.3. The Kier molecular flexibility index (Phi) is 10.7. The zero-order valence-corrected chi connectivity index (χ0v) is 25.3. The lowest BCUT2D eigenvalue weighted by Gasteiger charge is -2.36. The fourth-order valence-corrected chi connectivity index (χ4v) is 5.81. The number of rotatable bonds is 12. The Morgan fingerprint density at radius 3 is 2.36 bits per heavy atom. The highest BCUT2D eigenvalue weighted by atomic mass is 32.2. The Morgan fingerprint density at radius 2 is 1.68 bits per heavy atom. The molecule has 1 saturated heterocycles. The van der Waals surface area contributed by atoms with Gasteiger partial charge in [0.05, 0.1) is 30.2 Å². The number of hydrogen-bond donors (Lipinski definition) is 4. The molecule has 1 aromatic heterocycles. The number of aliphatic hydroxyl groups is 1. The smallest absolute Gasteiger partial charge is 0.224 e. The first-order valence-corrected chi connectivity index (χ1v) is 15.5. The number of hydrogen-bond acceptors (Lipinski definition) is 8. The summed E-state index contributed by atoms with van der Waals surface area (Å²) in [5.74, 6) is 0.348. The van der Waals surface area contributed by atoms with Gasteiger partial charge in [0.1, 0.15) is 0 Å². The average Bonchev–Trinajstić information content (AvgIpc) is 3.45. The number of nitrogens with one attached hydrogen (secondary N) is 2. The summed E-state index contributed by atoms with van der Waals surface area (Å²) in [6.45, 7) is -0.0114. The van der Waals surface area contributed by atoms with E-state index in [2.05, 4.69) is 15.6 Å². The number of aromatic nitrogens is 2. The van der Waals surface area contributed by atoms with Crippen LogP contribution in [0.25, 0.3) is 0 Å². The molecule has 0 spiro atoms. The zero-order chi connectivity index (χ0) is 30.9. The van der Waals surface area contributed by atoms with Crippen LogP contribution in [0.5, 0.6) is 0 Å². The molecule has 1 aliphatic rings. The number of nitrogen functional groups attached to an aromatic ring is 1. The van der Waals surface area contributed by atoms with E-state index in [1.807, 2.05) is 66.3 Å². The molecular weight excluding hydrogens is 578 g/mol. The van der Waals surface area contributed by atoms with E-state index in [1.165, 1.54) is 0 Å². The minimum absolute atomic E-state index is 0.0114. The lowest BCUT2D eigenvalue weighted by atomic mass is 10.0. The largest absolute Gasteiger partial charge is 0.397 e. The third kappa shape index (κ3) is 8.48. The number of anilines is 3. The van der Waals surface area contributed by atoms with Gasteiger partial charge in [0, 0.05) is 55.7 Å². The fourth-order valence-electron chi connectivity index (χ4n) is 4.86. The number of amides is 2. The predicted octanol–water partition coefficient (Wildman–Crippen LogP) is 5.58. The van der Waals surface area contributed by atoms with Crippen LogP contribution in [0.15, 0.2) is 90.3 Å². The number of carbonyl (C=O) groups is 2. The van der Waals surface area contributed by atoms with Gasteiger partial charge in [0.15, 0.2) is 11.4 Å². The van der Waals surface area contributed by atoms with E-state index in [-0.39, 0.29) is 43.5 Å². The van der Waals surface area contributed by atoms with Crippen molar-refractivity contribution in [1.29, 1.82) is 0 Å². The summed E-state index contributed by atoms with van der Waals surface area (Å²) in [7, 11) is 1.97. The highest BCUT2D eigenvalue weighted by Crippen LogP contribution is 2.39. The molecule has 1 fully saturated rings. The van der Waals surface area contributed by atoms with Crippen molar-refractivity contribution in [3.8, 4) is 0 Å². The van der Waals surface area contributed by atoms with E-state index in [4.69, 9.17) is 15.2 Å². The minimum Gasteiger partial charge on any atom is -0.397 e. The van der Waals surface area contributed by atoms with Gasteiger partial charge in [-0.05, 0) is 41.8 Å². The van der Waals surface area contributed by atoms with Crippen molar-refractivity contribution in [1.82, 2.24) is 9.55 Å². The standard InChI is InChI=1S/C33H37N5O5S/c1-38-18-17-35-33(38)44-21-26-19-29(23-11-9-22(20-39)10-12-23)43-32(42-26)24-13-15-25(16-14-24)36-30(40)7-4-8-31(41)37-28-6-3-2-5-27(28)34/h2-3,5-6,9-18,26,29,32,39H,4,7-8,19-21,34H2,1H3,(H,36,40)(H,37,41)/t26-,29+,32+/m1/s1. The molecule has 0 bridgehead atoms. The van der Waals surface area contributed by atoms with Crippen LogP contribution >= 0.6 is 11.8 Å². The SMILES string of the molecule is Cn1ccnc1SC[C@H]1C[C@@H](c2ccc(CO)cc2)O[C@@H](c2ccc(NC(=O)CCCC(=O)Nc3ccccc3N)cc2)O1. The molecule has 2 amide bonds. The lowest BCUT2D eigenvalue weighted by molar-refractivity contribution is -0.245. The highest BCUT2D eigenvalue weighted by molar-refractivity contribution is 7.99. The van der Waals surface area contributed by atoms with Gasteiger partial charge in [-0.25, -0.2) is 4.98 Å². The second kappa shape index (κ2) is 15.0. The molecule has 3 atom stereocenters. The number of benzene rings is 3. The van der Waals surface area contributed by atoms with Crippen molar-refractivity contribution in [2.75, 3.05) is 22.1 Å². The molecule has 10 nitrogen and oxygen atoms in total. The third-order valence-electron chi connectivity index (χ3n) is 7.30. The van der Waals surface area contributed by atoms with Crippen LogP contribution in [0.3, 0.4) is 0 Å². The van der Waals surface area contributed by atoms with E-state index < -0.39 is 6.29 Å². The summed E-state index contributed by atoms with van der Waals surface area (Å²) < 4.78 is 14.8. The molecule has 0 unspecified atom stereocenters. The number of imidazole rings is 1. The van der Waals surface area contributed by atoms with Crippen molar-refractivity contribution in [2.24, 2.45) is 7.05 Å². The Morgan fingerprint density at radius 1 is 0.977 bits per heavy atom. The highest BCUT2D eigenvalue weighted by Gasteiger charge is 2.32. The molecule has 5 rings (SSSR count). The average molecular weight is 616 g/mol. The van der Waals surface area contributed by atoms with Gasteiger partial charge in [-0.1, -0.05) is 60.3 Å². The number of para-hydroxylation sites is 2. The van der Waals surface area contributed by atoms with Crippen LogP contribution in [-0.2, 0) is 32.7 Å². The molecular formula is C33H37N5O5S. The predicted molar refractivity (Wildman–Crippen MR) is 171 cm³/mol. The number of nitrogens with zero attached hydrogens (tertiary/aromatic N) is 2. The topological polar surface area (TPSA) is 141 Å². The van der Waals surface area contributed by atoms with Crippen LogP contribution in [0.1, 0.15) is 54.8 Å². The van der Waals surface area contributed by atoms with Crippen molar-refractivity contribution < 1.29 is 24.2 Å². The molecule has 0 saturated carbocycles. The summed E-state index contributed by atoms with van der Waals surface area (Å²) in [6, 6.07) is 22.3. The molecule has 230 valence electrons. The van der Waals surface area contributed by atoms with E-state index in [1.54, 1.807) is 42.2 Å². The number of carbonyl (C=O) groups excluding carboxylic acids is 2. The Balaban J connectivity index is 1.16. The molecule has 1 aliphatic heterocycles. The van der Waals surface area contributed by atoms with Crippen LogP contribution in [0.4, 0.5) is 17.1 Å². The number of nitrogens with two attached hydrogens (primary N) is 1. The van der Waals surface area contributed by atoms with Crippen LogP contribution in [0.2, 0.25) is 0 Å². The van der Waals surface area contributed by atoms with Gasteiger partial charge in [-0.3, -0.25) is 9.59 Å². The van der Waals surface area contributed by atoms with Gasteiger partial charge in [0.2, 0.25) is 11.8 Å². The first kappa shape index (κ1) is 31.3. The molecule has 5 N–H and O–H groups in total. The first-order valence-electron chi connectivity index (χ1n) is 14.5. The van der Waals surface area contributed by atoms with Crippen molar-refractivity contribution in [3.63, 3.8) is 0 Å². The quantitative estimate of drug-likeness (QED) is 0.120. The summed E-state index contributed by atoms with van der Waals surface area (Å²) in [5, 5.41) is 16.0. The maximum Gasteiger partial charge on any atom is 0.224 e. The van der Waals surface area contributed by atoms with Gasteiger partial charge < -0.3 is 35.5 Å². The summed E-state index contributed by atoms with van der Waals surface area (Å²) in [4.78, 5) is 29.2. The van der Waals surface area contributed by atoms with Gasteiger partial charge >= 0.3 is 0 Å². The van der Waals surface area contributed by atoms with Crippen molar-refractivity contribution in [3.05, 3.63) is 102 Å². The van der Waals surface area contributed by atoms with Crippen LogP contribution in [0, 0.1) is 0 Å². The number of aryl methyl sites for hydroxylation is 1. The van der Waals surface area contributed by atoms with Gasteiger partial charge in [0.25, 0.3) is 0 Å². The molecule has 0 aliphatic carbocycles. The second-order valence-electron chi connectivity index (χ2n) is 10.6. The van der Waals surface area contributed by atoms with E-state index in [0.717, 1.165) is 21.8 Å². The lowest BCUT2D eigenvalue weighted by Crippen LogP contribution is -2.31. The zero-order valence-electron chi connectivity index (χ0n) is 24.5. The third-order valence-corrected chi connectivity index (χ3v) is 8.49. The summed E-state index contributed by atoms with van der Waals surface area (Å²) in [6.07, 6.45) is 4.32. The number of aliphatic hydroxyl groups excluding tert-OH is 1. The Hall–Kier alpha value is -4.16. The Labute approximate surface area is 261 Å².